The zero-order valence-corrected chi connectivity index (χ0v) is 11.2. The molecule has 2 N–H and O–H groups in total. The molecule has 1 aromatic carbocycles. The minimum atomic E-state index is -0.359. The molecule has 0 saturated carbocycles. The molecule has 1 aromatic rings. The van der Waals surface area contributed by atoms with Crippen molar-refractivity contribution in [1.29, 1.82) is 0 Å². The van der Waals surface area contributed by atoms with Crippen LogP contribution >= 0.6 is 0 Å². The van der Waals surface area contributed by atoms with Crippen molar-refractivity contribution in [2.45, 2.75) is 26.8 Å². The maximum absolute atomic E-state index is 13.8. The van der Waals surface area contributed by atoms with Crippen LogP contribution in [0.4, 0.5) is 4.39 Å². The van der Waals surface area contributed by atoms with E-state index in [2.05, 4.69) is 5.32 Å². The fraction of sp³-hybridized carbons (Fsp3) is 0.571. The molecule has 0 aliphatic carbocycles. The number of benzene rings is 1. The van der Waals surface area contributed by atoms with Gasteiger partial charge >= 0.3 is 0 Å². The van der Waals surface area contributed by atoms with Crippen molar-refractivity contribution in [2.75, 3.05) is 19.8 Å². The fourth-order valence-electron chi connectivity index (χ4n) is 1.61. The summed E-state index contributed by atoms with van der Waals surface area (Å²) in [5, 5.41) is 12.1. The quantitative estimate of drug-likeness (QED) is 0.786. The Morgan fingerprint density at radius 3 is 2.67 bits per heavy atom. The number of halogens is 1. The number of rotatable bonds is 7. The first kappa shape index (κ1) is 14.9. The molecule has 0 radical (unpaired) electrons. The van der Waals surface area contributed by atoms with Gasteiger partial charge in [-0.25, -0.2) is 4.39 Å². The Bertz CT molecular complexity index is 371. The molecular formula is C14H22FNO2. The van der Waals surface area contributed by atoms with E-state index in [1.54, 1.807) is 6.07 Å². The minimum absolute atomic E-state index is 0.00441. The van der Waals surface area contributed by atoms with Crippen LogP contribution in [0.3, 0.4) is 0 Å². The monoisotopic (exact) mass is 255 g/mol. The molecule has 0 spiro atoms. The molecule has 0 amide bonds. The summed E-state index contributed by atoms with van der Waals surface area (Å²) in [7, 11) is 0. The lowest BCUT2D eigenvalue weighted by Gasteiger charge is -2.15. The van der Waals surface area contributed by atoms with Crippen LogP contribution in [0.1, 0.15) is 32.4 Å². The topological polar surface area (TPSA) is 41.5 Å². The molecule has 4 heteroatoms. The summed E-state index contributed by atoms with van der Waals surface area (Å²) in [6, 6.07) is 5.11. The lowest BCUT2D eigenvalue weighted by atomic mass is 10.1. The zero-order chi connectivity index (χ0) is 13.5. The predicted molar refractivity (Wildman–Crippen MR) is 70.2 cm³/mol. The molecule has 2 unspecified atom stereocenters. The molecule has 0 aliphatic heterocycles. The Morgan fingerprint density at radius 2 is 2.11 bits per heavy atom. The van der Waals surface area contributed by atoms with Crippen LogP contribution in [0.2, 0.25) is 0 Å². The smallest absolute Gasteiger partial charge is 0.165 e. The van der Waals surface area contributed by atoms with E-state index in [1.807, 2.05) is 26.8 Å². The zero-order valence-electron chi connectivity index (χ0n) is 11.2. The molecule has 0 bridgehead atoms. The molecular weight excluding hydrogens is 233 g/mol. The van der Waals surface area contributed by atoms with E-state index in [-0.39, 0.29) is 30.1 Å². The standard InChI is InChI=1S/C14H22FNO2/c1-4-16-11(3)12-5-6-14(13(15)7-12)18-9-10(2)8-17/h5-7,10-11,16-17H,4,8-9H2,1-3H3. The van der Waals surface area contributed by atoms with E-state index in [1.165, 1.54) is 6.07 Å². The third kappa shape index (κ3) is 4.27. The molecule has 0 aromatic heterocycles. The van der Waals surface area contributed by atoms with Gasteiger partial charge in [0.2, 0.25) is 0 Å². The Hall–Kier alpha value is -1.13. The second kappa shape index (κ2) is 7.34. The van der Waals surface area contributed by atoms with E-state index in [0.29, 0.717) is 6.61 Å². The number of nitrogens with one attached hydrogen (secondary N) is 1. The van der Waals surface area contributed by atoms with Crippen molar-refractivity contribution in [3.63, 3.8) is 0 Å². The minimum Gasteiger partial charge on any atom is -0.490 e. The Balaban J connectivity index is 2.67. The van der Waals surface area contributed by atoms with Crippen LogP contribution in [0.25, 0.3) is 0 Å². The van der Waals surface area contributed by atoms with Gasteiger partial charge in [-0.2, -0.15) is 0 Å². The predicted octanol–water partition coefficient (Wildman–Crippen LogP) is 2.50. The molecule has 2 atom stereocenters. The van der Waals surface area contributed by atoms with Gasteiger partial charge in [0, 0.05) is 18.6 Å². The van der Waals surface area contributed by atoms with Gasteiger partial charge in [-0.05, 0) is 31.2 Å². The summed E-state index contributed by atoms with van der Waals surface area (Å²) < 4.78 is 19.1. The van der Waals surface area contributed by atoms with Crippen LogP contribution in [0, 0.1) is 11.7 Å². The highest BCUT2D eigenvalue weighted by molar-refractivity contribution is 5.30. The van der Waals surface area contributed by atoms with Crippen LogP contribution in [0.5, 0.6) is 5.75 Å². The summed E-state index contributed by atoms with van der Waals surface area (Å²) in [5.74, 6) is -0.116. The van der Waals surface area contributed by atoms with Gasteiger partial charge in [-0.1, -0.05) is 19.9 Å². The van der Waals surface area contributed by atoms with Crippen molar-refractivity contribution < 1.29 is 14.2 Å². The molecule has 102 valence electrons. The van der Waals surface area contributed by atoms with Crippen molar-refractivity contribution in [1.82, 2.24) is 5.32 Å². The summed E-state index contributed by atoms with van der Waals surface area (Å²) in [4.78, 5) is 0. The molecule has 0 aliphatic rings. The van der Waals surface area contributed by atoms with Crippen LogP contribution in [-0.2, 0) is 0 Å². The maximum atomic E-state index is 13.8. The first-order valence-electron chi connectivity index (χ1n) is 6.35. The van der Waals surface area contributed by atoms with Crippen molar-refractivity contribution in [2.24, 2.45) is 5.92 Å². The molecule has 1 rings (SSSR count). The van der Waals surface area contributed by atoms with Crippen molar-refractivity contribution in [3.8, 4) is 5.75 Å². The normalized spacial score (nSPS) is 14.3. The first-order chi connectivity index (χ1) is 8.58. The highest BCUT2D eigenvalue weighted by atomic mass is 19.1. The number of hydrogen-bond donors (Lipinski definition) is 2. The van der Waals surface area contributed by atoms with E-state index in [4.69, 9.17) is 9.84 Å². The Morgan fingerprint density at radius 1 is 1.39 bits per heavy atom. The fourth-order valence-corrected chi connectivity index (χ4v) is 1.61. The van der Waals surface area contributed by atoms with Gasteiger partial charge in [0.15, 0.2) is 11.6 Å². The molecule has 18 heavy (non-hydrogen) atoms. The number of aliphatic hydroxyl groups excluding tert-OH is 1. The SMILES string of the molecule is CCNC(C)c1ccc(OCC(C)CO)c(F)c1. The van der Waals surface area contributed by atoms with E-state index in [0.717, 1.165) is 12.1 Å². The summed E-state index contributed by atoms with van der Waals surface area (Å²) in [6.45, 7) is 7.05. The second-order valence-corrected chi connectivity index (χ2v) is 4.57. The number of ether oxygens (including phenoxy) is 1. The van der Waals surface area contributed by atoms with Gasteiger partial charge < -0.3 is 15.2 Å². The molecule has 0 saturated heterocycles. The first-order valence-corrected chi connectivity index (χ1v) is 6.35. The molecule has 0 heterocycles. The van der Waals surface area contributed by atoms with Crippen molar-refractivity contribution >= 4 is 0 Å². The van der Waals surface area contributed by atoms with Crippen LogP contribution in [0.15, 0.2) is 18.2 Å². The molecule has 0 fully saturated rings. The average Bonchev–Trinajstić information content (AvgIpc) is 2.37. The highest BCUT2D eigenvalue weighted by Crippen LogP contribution is 2.22. The number of aliphatic hydroxyl groups is 1. The van der Waals surface area contributed by atoms with Gasteiger partial charge in [0.05, 0.1) is 6.61 Å². The van der Waals surface area contributed by atoms with Crippen LogP contribution < -0.4 is 10.1 Å². The van der Waals surface area contributed by atoms with Crippen molar-refractivity contribution in [3.05, 3.63) is 29.6 Å². The Labute approximate surface area is 108 Å². The van der Waals surface area contributed by atoms with Crippen LogP contribution in [-0.4, -0.2) is 24.9 Å². The maximum Gasteiger partial charge on any atom is 0.165 e. The molecule has 3 nitrogen and oxygen atoms in total. The third-order valence-corrected chi connectivity index (χ3v) is 2.80. The lowest BCUT2D eigenvalue weighted by molar-refractivity contribution is 0.171. The average molecular weight is 255 g/mol. The van der Waals surface area contributed by atoms with E-state index < -0.39 is 0 Å². The third-order valence-electron chi connectivity index (χ3n) is 2.80. The van der Waals surface area contributed by atoms with E-state index >= 15 is 0 Å². The summed E-state index contributed by atoms with van der Waals surface area (Å²) in [5.41, 5.74) is 0.900. The van der Waals surface area contributed by atoms with E-state index in [9.17, 15) is 4.39 Å². The van der Waals surface area contributed by atoms with Gasteiger partial charge in [0.25, 0.3) is 0 Å². The lowest BCUT2D eigenvalue weighted by Crippen LogP contribution is -2.18. The summed E-state index contributed by atoms with van der Waals surface area (Å²) in [6.07, 6.45) is 0. The number of hydrogen-bond acceptors (Lipinski definition) is 3. The largest absolute Gasteiger partial charge is 0.490 e. The van der Waals surface area contributed by atoms with Gasteiger partial charge in [-0.3, -0.25) is 0 Å². The highest BCUT2D eigenvalue weighted by Gasteiger charge is 2.10. The van der Waals surface area contributed by atoms with Gasteiger partial charge in [0.1, 0.15) is 0 Å². The van der Waals surface area contributed by atoms with Gasteiger partial charge in [-0.15, -0.1) is 0 Å². The second-order valence-electron chi connectivity index (χ2n) is 4.57. The summed E-state index contributed by atoms with van der Waals surface area (Å²) >= 11 is 0. The Kier molecular flexibility index (Phi) is 6.09.